The molecule has 0 spiro atoms. The molecule has 0 radical (unpaired) electrons. The molecule has 0 unspecified atom stereocenters. The molecule has 1 aliphatic rings. The molecule has 0 bridgehead atoms. The number of aryl methyl sites for hydroxylation is 2. The predicted molar refractivity (Wildman–Crippen MR) is 116 cm³/mol. The van der Waals surface area contributed by atoms with Crippen molar-refractivity contribution < 1.29 is 18.4 Å². The van der Waals surface area contributed by atoms with Gasteiger partial charge in [0.15, 0.2) is 22.7 Å². The van der Waals surface area contributed by atoms with Crippen LogP contribution in [-0.4, -0.2) is 11.6 Å². The highest BCUT2D eigenvalue weighted by atomic mass is 16.4. The molecule has 0 saturated carbocycles. The highest BCUT2D eigenvalue weighted by Crippen LogP contribution is 2.34. The van der Waals surface area contributed by atoms with Crippen LogP contribution in [0, 0.1) is 0 Å². The highest BCUT2D eigenvalue weighted by Gasteiger charge is 2.34. The standard InChI is InChI=1S/C26H20O4/c1-3-15-10-19-20(11-16(15)4-2)26(28)21(25(19)27)12-18-13-23-24(29-18)14-22(30-23)17-8-6-5-7-9-17/h5-14H,3-4H2,1-2H3. The molecule has 0 atom stereocenters. The first-order valence-electron chi connectivity index (χ1n) is 10.1. The third-order valence-electron chi connectivity index (χ3n) is 5.65. The Hall–Kier alpha value is -3.66. The number of allylic oxidation sites excluding steroid dienone is 1. The van der Waals surface area contributed by atoms with Crippen LogP contribution in [0.1, 0.15) is 51.5 Å². The lowest BCUT2D eigenvalue weighted by atomic mass is 9.96. The summed E-state index contributed by atoms with van der Waals surface area (Å²) in [5, 5.41) is 0. The second kappa shape index (κ2) is 6.99. The van der Waals surface area contributed by atoms with E-state index in [1.165, 1.54) is 6.08 Å². The molecule has 0 amide bonds. The van der Waals surface area contributed by atoms with E-state index in [0.29, 0.717) is 33.8 Å². The molecular formula is C26H20O4. The zero-order valence-electron chi connectivity index (χ0n) is 16.8. The quantitative estimate of drug-likeness (QED) is 0.301. The topological polar surface area (TPSA) is 60.4 Å². The fourth-order valence-electron chi connectivity index (χ4n) is 4.06. The summed E-state index contributed by atoms with van der Waals surface area (Å²) in [6.07, 6.45) is 3.18. The van der Waals surface area contributed by atoms with Gasteiger partial charge in [-0.1, -0.05) is 44.2 Å². The van der Waals surface area contributed by atoms with Gasteiger partial charge in [0, 0.05) is 28.8 Å². The largest absolute Gasteiger partial charge is 0.453 e. The second-order valence-electron chi connectivity index (χ2n) is 7.44. The van der Waals surface area contributed by atoms with E-state index in [4.69, 9.17) is 8.83 Å². The van der Waals surface area contributed by atoms with Crippen LogP contribution < -0.4 is 0 Å². The number of rotatable bonds is 4. The number of benzene rings is 2. The Bertz CT molecular complexity index is 1260. The Morgan fingerprint density at radius 2 is 1.37 bits per heavy atom. The SMILES string of the molecule is CCc1cc2c(cc1CC)C(=O)C(=Cc1cc3oc(-c4ccccc4)cc3o1)C2=O. The summed E-state index contributed by atoms with van der Waals surface area (Å²) >= 11 is 0. The van der Waals surface area contributed by atoms with E-state index in [9.17, 15) is 9.59 Å². The van der Waals surface area contributed by atoms with Crippen LogP contribution in [0.5, 0.6) is 0 Å². The molecule has 1 aliphatic carbocycles. The zero-order chi connectivity index (χ0) is 20.8. The highest BCUT2D eigenvalue weighted by molar-refractivity contribution is 6.41. The molecule has 4 nitrogen and oxygen atoms in total. The molecule has 148 valence electrons. The van der Waals surface area contributed by atoms with E-state index in [2.05, 4.69) is 13.8 Å². The first-order chi connectivity index (χ1) is 14.6. The Balaban J connectivity index is 1.51. The van der Waals surface area contributed by atoms with Crippen LogP contribution in [0.4, 0.5) is 0 Å². The van der Waals surface area contributed by atoms with Gasteiger partial charge in [0.05, 0.1) is 5.57 Å². The molecule has 0 N–H and O–H groups in total. The second-order valence-corrected chi connectivity index (χ2v) is 7.44. The van der Waals surface area contributed by atoms with Gasteiger partial charge in [-0.3, -0.25) is 9.59 Å². The van der Waals surface area contributed by atoms with Crippen LogP contribution in [0.2, 0.25) is 0 Å². The van der Waals surface area contributed by atoms with Crippen molar-refractivity contribution in [3.8, 4) is 11.3 Å². The number of hydrogen-bond acceptors (Lipinski definition) is 4. The average molecular weight is 396 g/mol. The number of furan rings is 2. The van der Waals surface area contributed by atoms with E-state index in [1.54, 1.807) is 6.07 Å². The third-order valence-corrected chi connectivity index (χ3v) is 5.65. The molecule has 30 heavy (non-hydrogen) atoms. The van der Waals surface area contributed by atoms with E-state index in [-0.39, 0.29) is 17.1 Å². The first kappa shape index (κ1) is 18.4. The van der Waals surface area contributed by atoms with Gasteiger partial charge in [0.25, 0.3) is 0 Å². The average Bonchev–Trinajstić information content (AvgIpc) is 3.40. The van der Waals surface area contributed by atoms with Crippen LogP contribution in [0.3, 0.4) is 0 Å². The zero-order valence-corrected chi connectivity index (χ0v) is 16.8. The maximum atomic E-state index is 12.9. The van der Waals surface area contributed by atoms with Gasteiger partial charge in [-0.15, -0.1) is 0 Å². The predicted octanol–water partition coefficient (Wildman–Crippen LogP) is 6.28. The van der Waals surface area contributed by atoms with Crippen molar-refractivity contribution in [2.75, 3.05) is 0 Å². The van der Waals surface area contributed by atoms with Crippen molar-refractivity contribution in [3.63, 3.8) is 0 Å². The number of carbonyl (C=O) groups is 2. The van der Waals surface area contributed by atoms with Crippen molar-refractivity contribution in [1.29, 1.82) is 0 Å². The molecule has 0 fully saturated rings. The van der Waals surface area contributed by atoms with Gasteiger partial charge in [0.1, 0.15) is 11.5 Å². The lowest BCUT2D eigenvalue weighted by molar-refractivity contribution is 0.0990. The first-order valence-corrected chi connectivity index (χ1v) is 10.1. The summed E-state index contributed by atoms with van der Waals surface area (Å²) in [5.41, 5.74) is 5.46. The molecule has 2 aromatic carbocycles. The number of hydrogen-bond donors (Lipinski definition) is 0. The molecule has 5 rings (SSSR count). The molecule has 2 heterocycles. The normalized spacial score (nSPS) is 13.3. The Labute approximate surface area is 173 Å². The van der Waals surface area contributed by atoms with E-state index in [0.717, 1.165) is 29.5 Å². The number of ketones is 2. The van der Waals surface area contributed by atoms with Crippen LogP contribution in [0.15, 0.2) is 69.0 Å². The smallest absolute Gasteiger partial charge is 0.197 e. The summed E-state index contributed by atoms with van der Waals surface area (Å²) in [6.45, 7) is 4.11. The monoisotopic (exact) mass is 396 g/mol. The minimum Gasteiger partial charge on any atom is -0.453 e. The van der Waals surface area contributed by atoms with Gasteiger partial charge in [0.2, 0.25) is 0 Å². The number of carbonyl (C=O) groups excluding carboxylic acids is 2. The lowest BCUT2D eigenvalue weighted by Crippen LogP contribution is -1.99. The Kier molecular flexibility index (Phi) is 4.28. The summed E-state index contributed by atoms with van der Waals surface area (Å²) in [5.74, 6) is 0.651. The van der Waals surface area contributed by atoms with Crippen molar-refractivity contribution in [2.45, 2.75) is 26.7 Å². The summed E-state index contributed by atoms with van der Waals surface area (Å²) in [7, 11) is 0. The fraction of sp³-hybridized carbons (Fsp3) is 0.154. The maximum Gasteiger partial charge on any atom is 0.197 e. The fourth-order valence-corrected chi connectivity index (χ4v) is 4.06. The van der Waals surface area contributed by atoms with Crippen LogP contribution >= 0.6 is 0 Å². The number of Topliss-reactive ketones (excluding diaryl/α,β-unsaturated/α-hetero) is 2. The van der Waals surface area contributed by atoms with Gasteiger partial charge < -0.3 is 8.83 Å². The minimum atomic E-state index is -0.245. The molecule has 4 aromatic rings. The van der Waals surface area contributed by atoms with Crippen molar-refractivity contribution in [2.24, 2.45) is 0 Å². The van der Waals surface area contributed by atoms with Crippen LogP contribution in [0.25, 0.3) is 28.6 Å². The van der Waals surface area contributed by atoms with E-state index < -0.39 is 0 Å². The van der Waals surface area contributed by atoms with Crippen molar-refractivity contribution >= 4 is 28.8 Å². The maximum absolute atomic E-state index is 12.9. The van der Waals surface area contributed by atoms with Crippen molar-refractivity contribution in [1.82, 2.24) is 0 Å². The number of fused-ring (bicyclic) bond motifs is 2. The van der Waals surface area contributed by atoms with Gasteiger partial charge in [-0.05, 0) is 42.2 Å². The van der Waals surface area contributed by atoms with Gasteiger partial charge in [-0.25, -0.2) is 0 Å². The third kappa shape index (κ3) is 2.84. The molecule has 0 saturated heterocycles. The van der Waals surface area contributed by atoms with E-state index >= 15 is 0 Å². The van der Waals surface area contributed by atoms with E-state index in [1.807, 2.05) is 48.5 Å². The summed E-state index contributed by atoms with van der Waals surface area (Å²) in [4.78, 5) is 25.8. The van der Waals surface area contributed by atoms with Crippen LogP contribution in [-0.2, 0) is 12.8 Å². The Morgan fingerprint density at radius 1 is 0.767 bits per heavy atom. The lowest BCUT2D eigenvalue weighted by Gasteiger charge is -2.07. The summed E-state index contributed by atoms with van der Waals surface area (Å²) < 4.78 is 11.7. The molecule has 2 aromatic heterocycles. The molecule has 4 heteroatoms. The van der Waals surface area contributed by atoms with Crippen molar-refractivity contribution in [3.05, 3.63) is 88.2 Å². The van der Waals surface area contributed by atoms with Gasteiger partial charge in [-0.2, -0.15) is 0 Å². The Morgan fingerprint density at radius 3 is 1.93 bits per heavy atom. The molecule has 0 aliphatic heterocycles. The van der Waals surface area contributed by atoms with Gasteiger partial charge >= 0.3 is 0 Å². The summed E-state index contributed by atoms with van der Waals surface area (Å²) in [6, 6.07) is 17.0. The molecular weight excluding hydrogens is 376 g/mol. The minimum absolute atomic E-state index is 0.139.